The summed E-state index contributed by atoms with van der Waals surface area (Å²) in [7, 11) is 0. The summed E-state index contributed by atoms with van der Waals surface area (Å²) < 4.78 is 0. The molecule has 0 aliphatic carbocycles. The maximum absolute atomic E-state index is 13.1. The van der Waals surface area contributed by atoms with Crippen LogP contribution in [0, 0.1) is 0 Å². The number of hydrogen-bond acceptors (Lipinski definition) is 2. The normalized spacial score (nSPS) is 11.6. The summed E-state index contributed by atoms with van der Waals surface area (Å²) in [6, 6.07) is 1.91. The van der Waals surface area contributed by atoms with Gasteiger partial charge in [0.2, 0.25) is 0 Å². The molecule has 66 heavy (non-hydrogen) atoms. The Morgan fingerprint density at radius 2 is 0.500 bits per heavy atom. The highest BCUT2D eigenvalue weighted by molar-refractivity contribution is 5.98. The van der Waals surface area contributed by atoms with Crippen molar-refractivity contribution in [2.24, 2.45) is 0 Å². The number of carboxylic acid groups (broad SMARTS) is 2. The Morgan fingerprint density at radius 3 is 0.727 bits per heavy atom. The van der Waals surface area contributed by atoms with Gasteiger partial charge in [-0.05, 0) is 61.3 Å². The lowest BCUT2D eigenvalue weighted by Gasteiger charge is -2.20. The Labute approximate surface area is 412 Å². The van der Waals surface area contributed by atoms with Crippen molar-refractivity contribution in [1.82, 2.24) is 0 Å². The molecule has 0 saturated heterocycles. The summed E-state index contributed by atoms with van der Waals surface area (Å²) in [4.78, 5) is 25.9. The van der Waals surface area contributed by atoms with Gasteiger partial charge in [-0.1, -0.05) is 310 Å². The van der Waals surface area contributed by atoms with Gasteiger partial charge in [-0.3, -0.25) is 0 Å². The van der Waals surface area contributed by atoms with Crippen molar-refractivity contribution in [1.29, 1.82) is 0 Å². The molecule has 1 aromatic carbocycles. The molecule has 0 heterocycles. The minimum Gasteiger partial charge on any atom is -0.478 e. The third-order valence-corrected chi connectivity index (χ3v) is 14.9. The van der Waals surface area contributed by atoms with Crippen LogP contribution in [0.4, 0.5) is 0 Å². The molecule has 0 fully saturated rings. The molecule has 4 nitrogen and oxygen atoms in total. The van der Waals surface area contributed by atoms with Crippen LogP contribution in [0.15, 0.2) is 6.07 Å². The average Bonchev–Trinajstić information content (AvgIpc) is 3.31. The molecule has 1 rings (SSSR count). The standard InChI is InChI=1S/C62H114O4/c1-4-7-10-13-16-19-22-25-28-31-34-37-40-43-46-49-52-56-55-59(61(63)64)58(54-51-48-45-42-39-36-33-30-27-24-21-18-15-12-9-6-3)60(62(65)66)57(56)53-50-47-44-41-38-35-32-29-26-23-20-17-14-11-8-5-2/h55H,4-54H2,1-3H3,(H,63,64)(H,65,66). The summed E-state index contributed by atoms with van der Waals surface area (Å²) in [5, 5.41) is 21.2. The summed E-state index contributed by atoms with van der Waals surface area (Å²) in [6.45, 7) is 6.86. The molecule has 0 spiro atoms. The minimum atomic E-state index is -0.967. The number of carboxylic acids is 2. The number of benzene rings is 1. The van der Waals surface area contributed by atoms with Crippen LogP contribution in [0.2, 0.25) is 0 Å². The molecular weight excluding hydrogens is 809 g/mol. The van der Waals surface area contributed by atoms with E-state index in [0.29, 0.717) is 17.5 Å². The van der Waals surface area contributed by atoms with E-state index in [1.165, 1.54) is 263 Å². The van der Waals surface area contributed by atoms with Crippen molar-refractivity contribution in [3.05, 3.63) is 33.9 Å². The Hall–Kier alpha value is -1.84. The summed E-state index contributed by atoms with van der Waals surface area (Å²) in [6.07, 6.45) is 65.0. The maximum atomic E-state index is 13.1. The van der Waals surface area contributed by atoms with Crippen molar-refractivity contribution in [2.75, 3.05) is 0 Å². The molecular formula is C62H114O4. The van der Waals surface area contributed by atoms with Crippen molar-refractivity contribution >= 4 is 11.9 Å². The monoisotopic (exact) mass is 923 g/mol. The molecule has 0 unspecified atom stereocenters. The van der Waals surface area contributed by atoms with Gasteiger partial charge < -0.3 is 10.2 Å². The van der Waals surface area contributed by atoms with Crippen LogP contribution < -0.4 is 0 Å². The van der Waals surface area contributed by atoms with Crippen LogP contribution in [-0.2, 0) is 19.3 Å². The third kappa shape index (κ3) is 36.2. The SMILES string of the molecule is CCCCCCCCCCCCCCCCCCc1cc(C(=O)O)c(CCCCCCCCCCCCCCCCCC)c(C(=O)O)c1CCCCCCCCCCCCCCCCCC. The molecule has 2 N–H and O–H groups in total. The molecule has 0 amide bonds. The number of hydrogen-bond donors (Lipinski definition) is 2. The van der Waals surface area contributed by atoms with E-state index < -0.39 is 11.9 Å². The fourth-order valence-electron chi connectivity index (χ4n) is 10.6. The topological polar surface area (TPSA) is 74.6 Å². The Morgan fingerprint density at radius 1 is 0.288 bits per heavy atom. The molecule has 0 aliphatic heterocycles. The first kappa shape index (κ1) is 62.2. The molecule has 386 valence electrons. The van der Waals surface area contributed by atoms with Crippen LogP contribution >= 0.6 is 0 Å². The molecule has 1 aromatic rings. The number of aromatic carboxylic acids is 2. The average molecular weight is 924 g/mol. The van der Waals surface area contributed by atoms with E-state index in [1.54, 1.807) is 0 Å². The van der Waals surface area contributed by atoms with Crippen molar-refractivity contribution in [3.8, 4) is 0 Å². The predicted molar refractivity (Wildman–Crippen MR) is 290 cm³/mol. The molecule has 0 aromatic heterocycles. The first-order valence-electron chi connectivity index (χ1n) is 30.1. The number of unbranched alkanes of at least 4 members (excludes halogenated alkanes) is 45. The summed E-state index contributed by atoms with van der Waals surface area (Å²) in [5.74, 6) is -1.89. The molecule has 4 heteroatoms. The number of aryl methyl sites for hydroxylation is 1. The van der Waals surface area contributed by atoms with Crippen molar-refractivity contribution in [3.63, 3.8) is 0 Å². The van der Waals surface area contributed by atoms with Crippen LogP contribution in [0.25, 0.3) is 0 Å². The number of carbonyl (C=O) groups is 2. The van der Waals surface area contributed by atoms with Gasteiger partial charge in [0.25, 0.3) is 0 Å². The van der Waals surface area contributed by atoms with Gasteiger partial charge in [-0.25, -0.2) is 9.59 Å². The lowest BCUT2D eigenvalue weighted by Crippen LogP contribution is -2.16. The van der Waals surface area contributed by atoms with Gasteiger partial charge in [0.1, 0.15) is 0 Å². The zero-order valence-electron chi connectivity index (χ0n) is 44.9. The van der Waals surface area contributed by atoms with Gasteiger partial charge >= 0.3 is 11.9 Å². The fraction of sp³-hybridized carbons (Fsp3) is 0.871. The van der Waals surface area contributed by atoms with Crippen molar-refractivity contribution in [2.45, 2.75) is 348 Å². The Balaban J connectivity index is 2.64. The molecule has 0 radical (unpaired) electrons. The van der Waals surface area contributed by atoms with Crippen LogP contribution in [-0.4, -0.2) is 22.2 Å². The van der Waals surface area contributed by atoms with Crippen LogP contribution in [0.1, 0.15) is 366 Å². The van der Waals surface area contributed by atoms with Crippen LogP contribution in [0.5, 0.6) is 0 Å². The van der Waals surface area contributed by atoms with Gasteiger partial charge in [0.15, 0.2) is 0 Å². The van der Waals surface area contributed by atoms with E-state index in [-0.39, 0.29) is 5.56 Å². The van der Waals surface area contributed by atoms with E-state index in [4.69, 9.17) is 0 Å². The highest BCUT2D eigenvalue weighted by atomic mass is 16.4. The quantitative estimate of drug-likeness (QED) is 0.0639. The second-order valence-electron chi connectivity index (χ2n) is 21.2. The largest absolute Gasteiger partial charge is 0.478 e. The van der Waals surface area contributed by atoms with Gasteiger partial charge in [0, 0.05) is 0 Å². The third-order valence-electron chi connectivity index (χ3n) is 14.9. The Bertz CT molecular complexity index is 1220. The minimum absolute atomic E-state index is 0.246. The first-order valence-corrected chi connectivity index (χ1v) is 30.1. The zero-order valence-corrected chi connectivity index (χ0v) is 44.9. The summed E-state index contributed by atoms with van der Waals surface area (Å²) >= 11 is 0. The fourth-order valence-corrected chi connectivity index (χ4v) is 10.6. The lowest BCUT2D eigenvalue weighted by atomic mass is 9.84. The maximum Gasteiger partial charge on any atom is 0.336 e. The van der Waals surface area contributed by atoms with E-state index >= 15 is 0 Å². The highest BCUT2D eigenvalue weighted by Gasteiger charge is 2.25. The van der Waals surface area contributed by atoms with E-state index in [1.807, 2.05) is 6.07 Å². The first-order chi connectivity index (χ1) is 32.5. The second-order valence-corrected chi connectivity index (χ2v) is 21.2. The second kappa shape index (κ2) is 48.2. The zero-order chi connectivity index (χ0) is 47.8. The molecule has 0 atom stereocenters. The van der Waals surface area contributed by atoms with Crippen molar-refractivity contribution < 1.29 is 19.8 Å². The van der Waals surface area contributed by atoms with Crippen LogP contribution in [0.3, 0.4) is 0 Å². The smallest absolute Gasteiger partial charge is 0.336 e. The predicted octanol–water partition coefficient (Wildman–Crippen LogP) is 21.5. The van der Waals surface area contributed by atoms with E-state index in [0.717, 1.165) is 68.9 Å². The van der Waals surface area contributed by atoms with Gasteiger partial charge in [-0.2, -0.15) is 0 Å². The van der Waals surface area contributed by atoms with Gasteiger partial charge in [-0.15, -0.1) is 0 Å². The van der Waals surface area contributed by atoms with E-state index in [9.17, 15) is 19.8 Å². The summed E-state index contributed by atoms with van der Waals surface area (Å²) in [5.41, 5.74) is 3.11. The molecule has 0 aliphatic rings. The molecule has 0 saturated carbocycles. The van der Waals surface area contributed by atoms with Gasteiger partial charge in [0.05, 0.1) is 11.1 Å². The molecule has 0 bridgehead atoms. The Kier molecular flexibility index (Phi) is 45.4. The number of rotatable bonds is 53. The van der Waals surface area contributed by atoms with E-state index in [2.05, 4.69) is 20.8 Å². The lowest BCUT2D eigenvalue weighted by molar-refractivity contribution is 0.0694. The highest BCUT2D eigenvalue weighted by Crippen LogP contribution is 2.30.